The molecule has 0 N–H and O–H groups in total. The smallest absolute Gasteiger partial charge is 0.282 e. The van der Waals surface area contributed by atoms with Crippen LogP contribution in [0.15, 0.2) is 84.6 Å². The number of carbonyl (C=O) groups is 2. The second kappa shape index (κ2) is 8.71. The van der Waals surface area contributed by atoms with Gasteiger partial charge in [0.15, 0.2) is 0 Å². The summed E-state index contributed by atoms with van der Waals surface area (Å²) < 4.78 is 5.74. The fourth-order valence-corrected chi connectivity index (χ4v) is 3.88. The Morgan fingerprint density at radius 1 is 0.812 bits per heavy atom. The Balaban J connectivity index is 1.84. The summed E-state index contributed by atoms with van der Waals surface area (Å²) in [4.78, 5) is 30.4. The van der Waals surface area contributed by atoms with Gasteiger partial charge < -0.3 is 9.64 Å². The number of imide groups is 1. The highest BCUT2D eigenvalue weighted by Crippen LogP contribution is 2.37. The van der Waals surface area contributed by atoms with Gasteiger partial charge in [0.05, 0.1) is 17.4 Å². The molecule has 0 aromatic heterocycles. The average molecular weight is 427 g/mol. The molecule has 5 nitrogen and oxygen atoms in total. The van der Waals surface area contributed by atoms with Crippen LogP contribution in [0.2, 0.25) is 0 Å². The van der Waals surface area contributed by atoms with E-state index in [1.807, 2.05) is 101 Å². The molecule has 3 aromatic carbocycles. The van der Waals surface area contributed by atoms with Crippen molar-refractivity contribution in [2.45, 2.75) is 26.9 Å². The molecule has 0 bridgehead atoms. The summed E-state index contributed by atoms with van der Waals surface area (Å²) in [6.45, 7) is 5.82. The second-order valence-electron chi connectivity index (χ2n) is 8.04. The molecule has 0 radical (unpaired) electrons. The Labute approximate surface area is 188 Å². The van der Waals surface area contributed by atoms with Crippen molar-refractivity contribution < 1.29 is 14.3 Å². The predicted molar refractivity (Wildman–Crippen MR) is 128 cm³/mol. The molecule has 1 aliphatic rings. The lowest BCUT2D eigenvalue weighted by molar-refractivity contribution is -0.120. The maximum absolute atomic E-state index is 13.7. The van der Waals surface area contributed by atoms with Crippen LogP contribution in [0.1, 0.15) is 25.0 Å². The molecule has 0 aliphatic carbocycles. The molecular weight excluding hydrogens is 400 g/mol. The third-order valence-corrected chi connectivity index (χ3v) is 5.41. The van der Waals surface area contributed by atoms with Crippen molar-refractivity contribution in [2.24, 2.45) is 0 Å². The average Bonchev–Trinajstić information content (AvgIpc) is 3.04. The maximum atomic E-state index is 13.7. The minimum Gasteiger partial charge on any atom is -0.491 e. The van der Waals surface area contributed by atoms with E-state index in [4.69, 9.17) is 4.74 Å². The van der Waals surface area contributed by atoms with Crippen molar-refractivity contribution in [3.8, 4) is 5.75 Å². The fraction of sp³-hybridized carbons (Fsp3) is 0.185. The number of ether oxygens (including phenoxy) is 1. The van der Waals surface area contributed by atoms with Crippen molar-refractivity contribution in [3.63, 3.8) is 0 Å². The number of hydrogen-bond donors (Lipinski definition) is 0. The minimum atomic E-state index is -0.340. The molecule has 0 saturated heterocycles. The lowest BCUT2D eigenvalue weighted by atomic mass is 10.0. The molecule has 1 aliphatic heterocycles. The Bertz CT molecular complexity index is 1180. The minimum absolute atomic E-state index is 0.0473. The second-order valence-corrected chi connectivity index (χ2v) is 8.04. The standard InChI is InChI=1S/C27H26N2O3/c1-18(2)32-22-16-14-20(15-17-22)24-25(28(4)21-11-6-5-7-12-21)27(31)29(26(24)30)23-13-9-8-10-19(23)3/h5-18H,1-4H3. The normalized spacial score (nSPS) is 13.8. The van der Waals surface area contributed by atoms with Crippen LogP contribution in [-0.4, -0.2) is 25.0 Å². The van der Waals surface area contributed by atoms with E-state index in [1.165, 1.54) is 4.90 Å². The van der Waals surface area contributed by atoms with Crippen LogP contribution in [0.3, 0.4) is 0 Å². The number of aryl methyl sites for hydroxylation is 1. The van der Waals surface area contributed by atoms with Gasteiger partial charge in [-0.05, 0) is 62.2 Å². The Morgan fingerprint density at radius 2 is 1.44 bits per heavy atom. The number of nitrogens with zero attached hydrogens (tertiary/aromatic N) is 2. The zero-order valence-electron chi connectivity index (χ0n) is 18.7. The van der Waals surface area contributed by atoms with Crippen LogP contribution >= 0.6 is 0 Å². The third-order valence-electron chi connectivity index (χ3n) is 5.41. The van der Waals surface area contributed by atoms with Crippen LogP contribution in [0.4, 0.5) is 11.4 Å². The molecule has 0 atom stereocenters. The Hall–Kier alpha value is -3.86. The van der Waals surface area contributed by atoms with Crippen molar-refractivity contribution in [2.75, 3.05) is 16.8 Å². The number of benzene rings is 3. The number of para-hydroxylation sites is 2. The molecule has 2 amide bonds. The molecular formula is C27H26N2O3. The van der Waals surface area contributed by atoms with E-state index in [1.54, 1.807) is 11.0 Å². The molecule has 0 fully saturated rings. The number of amides is 2. The lowest BCUT2D eigenvalue weighted by Gasteiger charge is -2.22. The van der Waals surface area contributed by atoms with E-state index >= 15 is 0 Å². The first-order chi connectivity index (χ1) is 15.4. The van der Waals surface area contributed by atoms with Gasteiger partial charge in [-0.25, -0.2) is 4.90 Å². The fourth-order valence-electron chi connectivity index (χ4n) is 3.88. The van der Waals surface area contributed by atoms with Crippen LogP contribution in [0, 0.1) is 6.92 Å². The summed E-state index contributed by atoms with van der Waals surface area (Å²) in [5, 5.41) is 0. The van der Waals surface area contributed by atoms with E-state index in [0.29, 0.717) is 22.5 Å². The van der Waals surface area contributed by atoms with Gasteiger partial charge in [-0.15, -0.1) is 0 Å². The molecule has 0 saturated carbocycles. The molecule has 1 heterocycles. The van der Waals surface area contributed by atoms with Crippen LogP contribution in [0.5, 0.6) is 5.75 Å². The highest BCUT2D eigenvalue weighted by atomic mass is 16.5. The highest BCUT2D eigenvalue weighted by molar-refractivity contribution is 6.46. The number of likely N-dealkylation sites (N-methyl/N-ethyl adjacent to an activating group) is 1. The molecule has 5 heteroatoms. The molecule has 162 valence electrons. The predicted octanol–water partition coefficient (Wildman–Crippen LogP) is 5.20. The van der Waals surface area contributed by atoms with Crippen LogP contribution in [0.25, 0.3) is 5.57 Å². The van der Waals surface area contributed by atoms with Gasteiger partial charge in [-0.3, -0.25) is 9.59 Å². The molecule has 0 unspecified atom stereocenters. The molecule has 3 aromatic rings. The first kappa shape index (κ1) is 21.4. The van der Waals surface area contributed by atoms with Crippen LogP contribution < -0.4 is 14.5 Å². The zero-order valence-corrected chi connectivity index (χ0v) is 18.7. The van der Waals surface area contributed by atoms with Crippen molar-refractivity contribution in [3.05, 3.63) is 95.7 Å². The maximum Gasteiger partial charge on any atom is 0.282 e. The number of hydrogen-bond acceptors (Lipinski definition) is 4. The third kappa shape index (κ3) is 3.89. The van der Waals surface area contributed by atoms with E-state index in [-0.39, 0.29) is 17.9 Å². The van der Waals surface area contributed by atoms with E-state index < -0.39 is 0 Å². The molecule has 4 rings (SSSR count). The van der Waals surface area contributed by atoms with E-state index in [2.05, 4.69) is 0 Å². The topological polar surface area (TPSA) is 49.9 Å². The van der Waals surface area contributed by atoms with Gasteiger partial charge in [0.1, 0.15) is 11.4 Å². The zero-order chi connectivity index (χ0) is 22.8. The van der Waals surface area contributed by atoms with Gasteiger partial charge in [0, 0.05) is 12.7 Å². The highest BCUT2D eigenvalue weighted by Gasteiger charge is 2.42. The van der Waals surface area contributed by atoms with Crippen molar-refractivity contribution in [1.82, 2.24) is 0 Å². The summed E-state index contributed by atoms with van der Waals surface area (Å²) in [7, 11) is 1.81. The van der Waals surface area contributed by atoms with Gasteiger partial charge >= 0.3 is 0 Å². The number of carbonyl (C=O) groups excluding carboxylic acids is 2. The molecule has 0 spiro atoms. The molecule has 32 heavy (non-hydrogen) atoms. The largest absolute Gasteiger partial charge is 0.491 e. The van der Waals surface area contributed by atoms with Crippen molar-refractivity contribution >= 4 is 28.8 Å². The van der Waals surface area contributed by atoms with E-state index in [0.717, 1.165) is 17.0 Å². The first-order valence-electron chi connectivity index (χ1n) is 10.6. The van der Waals surface area contributed by atoms with Gasteiger partial charge in [-0.1, -0.05) is 48.5 Å². The number of anilines is 2. The SMILES string of the molecule is Cc1ccccc1N1C(=O)C(c2ccc(OC(C)C)cc2)=C(N(C)c2ccccc2)C1=O. The monoisotopic (exact) mass is 426 g/mol. The summed E-state index contributed by atoms with van der Waals surface area (Å²) in [6.07, 6.45) is 0.0473. The Morgan fingerprint density at radius 3 is 2.06 bits per heavy atom. The van der Waals surface area contributed by atoms with Crippen LogP contribution in [-0.2, 0) is 9.59 Å². The lowest BCUT2D eigenvalue weighted by Crippen LogP contribution is -2.34. The number of rotatable bonds is 6. The van der Waals surface area contributed by atoms with Gasteiger partial charge in [0.25, 0.3) is 11.8 Å². The summed E-state index contributed by atoms with van der Waals surface area (Å²) in [6, 6.07) is 24.3. The first-order valence-corrected chi connectivity index (χ1v) is 10.6. The summed E-state index contributed by atoms with van der Waals surface area (Å²) in [5.74, 6) is 0.0441. The quantitative estimate of drug-likeness (QED) is 0.508. The van der Waals surface area contributed by atoms with E-state index in [9.17, 15) is 9.59 Å². The van der Waals surface area contributed by atoms with Crippen molar-refractivity contribution in [1.29, 1.82) is 0 Å². The summed E-state index contributed by atoms with van der Waals surface area (Å²) >= 11 is 0. The van der Waals surface area contributed by atoms with Gasteiger partial charge in [-0.2, -0.15) is 0 Å². The summed E-state index contributed by atoms with van der Waals surface area (Å²) in [5.41, 5.74) is 3.68. The van der Waals surface area contributed by atoms with Gasteiger partial charge in [0.2, 0.25) is 0 Å². The Kier molecular flexibility index (Phi) is 5.82.